The van der Waals surface area contributed by atoms with Gasteiger partial charge in [-0.25, -0.2) is 0 Å². The highest BCUT2D eigenvalue weighted by Gasteiger charge is 2.18. The molecule has 0 aliphatic carbocycles. The van der Waals surface area contributed by atoms with Gasteiger partial charge in [-0.3, -0.25) is 0 Å². The standard InChI is InChI=1S/C11H5Br2Cl3S/c12-6-4-8(17-11(6)16)9(13)5-2-1-3-7(14)10(5)15/h1-4,9H. The van der Waals surface area contributed by atoms with Gasteiger partial charge in [0.1, 0.15) is 4.34 Å². The van der Waals surface area contributed by atoms with Crippen molar-refractivity contribution in [3.63, 3.8) is 0 Å². The second-order valence-electron chi connectivity index (χ2n) is 3.28. The van der Waals surface area contributed by atoms with Crippen molar-refractivity contribution in [3.05, 3.63) is 53.6 Å². The molecule has 90 valence electrons. The lowest BCUT2D eigenvalue weighted by Gasteiger charge is -2.10. The largest absolute Gasteiger partial charge is 0.126 e. The van der Waals surface area contributed by atoms with E-state index in [4.69, 9.17) is 34.8 Å². The first kappa shape index (κ1) is 14.2. The average molecular weight is 435 g/mol. The molecule has 1 atom stereocenters. The Bertz CT molecular complexity index is 534. The molecule has 0 spiro atoms. The summed E-state index contributed by atoms with van der Waals surface area (Å²) >= 11 is 26.7. The van der Waals surface area contributed by atoms with Crippen molar-refractivity contribution in [1.29, 1.82) is 0 Å². The molecule has 0 N–H and O–H groups in total. The van der Waals surface area contributed by atoms with Crippen LogP contribution in [-0.4, -0.2) is 0 Å². The fraction of sp³-hybridized carbons (Fsp3) is 0.0909. The number of hydrogen-bond acceptors (Lipinski definition) is 1. The Morgan fingerprint density at radius 3 is 2.47 bits per heavy atom. The van der Waals surface area contributed by atoms with Crippen LogP contribution in [0.2, 0.25) is 14.4 Å². The third kappa shape index (κ3) is 3.02. The van der Waals surface area contributed by atoms with Crippen LogP contribution < -0.4 is 0 Å². The fourth-order valence-corrected chi connectivity index (χ4v) is 4.43. The first-order valence-electron chi connectivity index (χ1n) is 4.53. The predicted molar refractivity (Wildman–Crippen MR) is 84.3 cm³/mol. The molecule has 6 heteroatoms. The van der Waals surface area contributed by atoms with Crippen LogP contribution in [0, 0.1) is 0 Å². The molecule has 1 aromatic heterocycles. The molecule has 0 radical (unpaired) electrons. The summed E-state index contributed by atoms with van der Waals surface area (Å²) in [5.41, 5.74) is 0.935. The van der Waals surface area contributed by atoms with Crippen molar-refractivity contribution in [3.8, 4) is 0 Å². The van der Waals surface area contributed by atoms with E-state index in [0.717, 1.165) is 19.2 Å². The topological polar surface area (TPSA) is 0 Å². The lowest BCUT2D eigenvalue weighted by atomic mass is 10.1. The molecular weight excluding hydrogens is 430 g/mol. The van der Waals surface area contributed by atoms with Crippen LogP contribution in [0.4, 0.5) is 0 Å². The van der Waals surface area contributed by atoms with E-state index in [2.05, 4.69) is 31.9 Å². The summed E-state index contributed by atoms with van der Waals surface area (Å²) in [5, 5.41) is 1.12. The summed E-state index contributed by atoms with van der Waals surface area (Å²) in [7, 11) is 0. The summed E-state index contributed by atoms with van der Waals surface area (Å²) in [6, 6.07) is 7.56. The lowest BCUT2D eigenvalue weighted by molar-refractivity contribution is 1.22. The fourth-order valence-electron chi connectivity index (χ4n) is 1.36. The van der Waals surface area contributed by atoms with Crippen molar-refractivity contribution in [1.82, 2.24) is 0 Å². The summed E-state index contributed by atoms with van der Waals surface area (Å²) < 4.78 is 1.62. The molecule has 0 amide bonds. The van der Waals surface area contributed by atoms with Gasteiger partial charge in [0, 0.05) is 9.35 Å². The number of hydrogen-bond donors (Lipinski definition) is 0. The van der Waals surface area contributed by atoms with Gasteiger partial charge >= 0.3 is 0 Å². The second-order valence-corrected chi connectivity index (χ2v) is 7.52. The maximum atomic E-state index is 6.18. The van der Waals surface area contributed by atoms with Crippen molar-refractivity contribution >= 4 is 78.0 Å². The van der Waals surface area contributed by atoms with Crippen LogP contribution in [0.25, 0.3) is 0 Å². The van der Waals surface area contributed by atoms with Crippen LogP contribution >= 0.6 is 78.0 Å². The molecule has 0 aliphatic rings. The molecule has 0 fully saturated rings. The quantitative estimate of drug-likeness (QED) is 0.448. The third-order valence-corrected chi connectivity index (χ3v) is 6.83. The van der Waals surface area contributed by atoms with Crippen molar-refractivity contribution < 1.29 is 0 Å². The van der Waals surface area contributed by atoms with Crippen LogP contribution in [0.15, 0.2) is 28.7 Å². The van der Waals surface area contributed by atoms with Crippen LogP contribution in [0.3, 0.4) is 0 Å². The highest BCUT2D eigenvalue weighted by Crippen LogP contribution is 2.44. The van der Waals surface area contributed by atoms with E-state index in [0.29, 0.717) is 10.0 Å². The molecular formula is C11H5Br2Cl3S. The summed E-state index contributed by atoms with van der Waals surface area (Å²) in [5.74, 6) is 0. The summed E-state index contributed by atoms with van der Waals surface area (Å²) in [6.07, 6.45) is 0. The van der Waals surface area contributed by atoms with Gasteiger partial charge in [-0.2, -0.15) is 0 Å². The minimum atomic E-state index is -0.0116. The Balaban J connectivity index is 2.43. The molecule has 2 aromatic rings. The van der Waals surface area contributed by atoms with E-state index in [1.54, 1.807) is 6.07 Å². The van der Waals surface area contributed by atoms with Gasteiger partial charge in [-0.05, 0) is 33.6 Å². The third-order valence-electron chi connectivity index (χ3n) is 2.17. The average Bonchev–Trinajstić information content (AvgIpc) is 2.62. The molecule has 1 unspecified atom stereocenters. The van der Waals surface area contributed by atoms with Gasteiger partial charge < -0.3 is 0 Å². The SMILES string of the molecule is Clc1cccc(C(Br)c2cc(Br)c(Cl)s2)c1Cl. The van der Waals surface area contributed by atoms with Crippen LogP contribution in [-0.2, 0) is 0 Å². The molecule has 1 heterocycles. The molecule has 0 saturated heterocycles. The van der Waals surface area contributed by atoms with E-state index in [1.165, 1.54) is 11.3 Å². The van der Waals surface area contributed by atoms with Crippen molar-refractivity contribution in [2.24, 2.45) is 0 Å². The number of alkyl halides is 1. The first-order valence-corrected chi connectivity index (χ1v) is 8.19. The Morgan fingerprint density at radius 2 is 1.88 bits per heavy atom. The van der Waals surface area contributed by atoms with Gasteiger partial charge in [0.05, 0.1) is 14.9 Å². The maximum Gasteiger partial charge on any atom is 0.107 e. The second kappa shape index (κ2) is 5.81. The number of thiophene rings is 1. The molecule has 0 saturated carbocycles. The van der Waals surface area contributed by atoms with Gasteiger partial charge in [0.2, 0.25) is 0 Å². The minimum Gasteiger partial charge on any atom is -0.126 e. The predicted octanol–water partition coefficient (Wildman–Crippen LogP) is 6.96. The van der Waals surface area contributed by atoms with Gasteiger partial charge in [-0.15, -0.1) is 11.3 Å². The molecule has 1 aromatic carbocycles. The molecule has 0 bridgehead atoms. The highest BCUT2D eigenvalue weighted by molar-refractivity contribution is 9.10. The van der Waals surface area contributed by atoms with Crippen LogP contribution in [0.5, 0.6) is 0 Å². The molecule has 17 heavy (non-hydrogen) atoms. The van der Waals surface area contributed by atoms with Gasteiger partial charge in [0.25, 0.3) is 0 Å². The van der Waals surface area contributed by atoms with Gasteiger partial charge in [0.15, 0.2) is 0 Å². The Morgan fingerprint density at radius 1 is 1.18 bits per heavy atom. The summed E-state index contributed by atoms with van der Waals surface area (Å²) in [6.45, 7) is 0. The zero-order valence-electron chi connectivity index (χ0n) is 8.18. The molecule has 0 nitrogen and oxygen atoms in total. The minimum absolute atomic E-state index is 0.0116. The highest BCUT2D eigenvalue weighted by atomic mass is 79.9. The maximum absolute atomic E-state index is 6.18. The van der Waals surface area contributed by atoms with Crippen molar-refractivity contribution in [2.75, 3.05) is 0 Å². The van der Waals surface area contributed by atoms with E-state index in [1.807, 2.05) is 18.2 Å². The smallest absolute Gasteiger partial charge is 0.107 e. The Hall–Kier alpha value is 0.750. The normalized spacial score (nSPS) is 12.8. The van der Waals surface area contributed by atoms with E-state index in [-0.39, 0.29) is 4.83 Å². The monoisotopic (exact) mass is 432 g/mol. The molecule has 0 aliphatic heterocycles. The van der Waals surface area contributed by atoms with E-state index < -0.39 is 0 Å². The number of halogens is 5. The number of benzene rings is 1. The van der Waals surface area contributed by atoms with Crippen molar-refractivity contribution in [2.45, 2.75) is 4.83 Å². The molecule has 2 rings (SSSR count). The van der Waals surface area contributed by atoms with Crippen LogP contribution in [0.1, 0.15) is 15.3 Å². The summed E-state index contributed by atoms with van der Waals surface area (Å²) in [4.78, 5) is 1.06. The van der Waals surface area contributed by atoms with Gasteiger partial charge in [-0.1, -0.05) is 62.9 Å². The Kier molecular flexibility index (Phi) is 4.84. The number of rotatable bonds is 2. The zero-order chi connectivity index (χ0) is 12.6. The zero-order valence-corrected chi connectivity index (χ0v) is 14.4. The van der Waals surface area contributed by atoms with E-state index in [9.17, 15) is 0 Å². The first-order chi connectivity index (χ1) is 8.00. The van der Waals surface area contributed by atoms with E-state index >= 15 is 0 Å². The Labute approximate surface area is 135 Å². The lowest BCUT2D eigenvalue weighted by Crippen LogP contribution is -1.91.